The Labute approximate surface area is 97.2 Å². The molecule has 1 aromatic rings. The molecule has 2 heterocycles. The van der Waals surface area contributed by atoms with Gasteiger partial charge in [-0.25, -0.2) is 0 Å². The normalized spacial score (nSPS) is 22.2. The lowest BCUT2D eigenvalue weighted by molar-refractivity contribution is 0.103. The third-order valence-corrected chi connectivity index (χ3v) is 3.07. The van der Waals surface area contributed by atoms with Crippen molar-refractivity contribution >= 4 is 0 Å². The first-order chi connectivity index (χ1) is 7.86. The van der Waals surface area contributed by atoms with Gasteiger partial charge in [-0.3, -0.25) is 4.98 Å². The van der Waals surface area contributed by atoms with E-state index in [0.717, 1.165) is 25.3 Å². The molecule has 0 spiro atoms. The minimum atomic E-state index is 0.322. The average Bonchev–Trinajstić information content (AvgIpc) is 2.83. The zero-order valence-corrected chi connectivity index (χ0v) is 9.86. The summed E-state index contributed by atoms with van der Waals surface area (Å²) >= 11 is 0. The minimum Gasteiger partial charge on any atom is -0.378 e. The molecule has 1 aromatic heterocycles. The number of nitrogens with one attached hydrogen (secondary N) is 1. The molecule has 1 fully saturated rings. The van der Waals surface area contributed by atoms with Gasteiger partial charge in [0.15, 0.2) is 0 Å². The second kappa shape index (κ2) is 5.97. The quantitative estimate of drug-likeness (QED) is 0.826. The van der Waals surface area contributed by atoms with E-state index in [-0.39, 0.29) is 0 Å². The van der Waals surface area contributed by atoms with Gasteiger partial charge in [0, 0.05) is 18.8 Å². The van der Waals surface area contributed by atoms with Crippen LogP contribution in [0.25, 0.3) is 0 Å². The van der Waals surface area contributed by atoms with E-state index in [9.17, 15) is 0 Å². The van der Waals surface area contributed by atoms with Crippen LogP contribution in [0.2, 0.25) is 0 Å². The second-order valence-electron chi connectivity index (χ2n) is 4.35. The van der Waals surface area contributed by atoms with Crippen LogP contribution in [0.4, 0.5) is 0 Å². The number of pyridine rings is 1. The molecule has 88 valence electrons. The highest BCUT2D eigenvalue weighted by molar-refractivity contribution is 5.07. The lowest BCUT2D eigenvalue weighted by atomic mass is 10.1. The second-order valence-corrected chi connectivity index (χ2v) is 4.35. The third-order valence-electron chi connectivity index (χ3n) is 3.07. The van der Waals surface area contributed by atoms with Crippen molar-refractivity contribution in [2.75, 3.05) is 13.2 Å². The van der Waals surface area contributed by atoms with E-state index in [4.69, 9.17) is 4.74 Å². The molecule has 1 saturated heterocycles. The summed E-state index contributed by atoms with van der Waals surface area (Å²) in [7, 11) is 0. The Bertz CT molecular complexity index is 296. The highest BCUT2D eigenvalue weighted by atomic mass is 16.5. The summed E-state index contributed by atoms with van der Waals surface area (Å²) in [4.78, 5) is 4.34. The molecule has 0 amide bonds. The van der Waals surface area contributed by atoms with E-state index in [2.05, 4.69) is 23.3 Å². The Morgan fingerprint density at radius 2 is 2.50 bits per heavy atom. The van der Waals surface area contributed by atoms with E-state index in [1.807, 2.05) is 18.3 Å². The van der Waals surface area contributed by atoms with Gasteiger partial charge in [0.25, 0.3) is 0 Å². The number of hydrogen-bond acceptors (Lipinski definition) is 3. The Morgan fingerprint density at radius 3 is 3.19 bits per heavy atom. The maximum atomic E-state index is 5.58. The topological polar surface area (TPSA) is 34.1 Å². The molecule has 1 aliphatic rings. The third kappa shape index (κ3) is 3.29. The first kappa shape index (κ1) is 11.6. The maximum absolute atomic E-state index is 5.58. The predicted molar refractivity (Wildman–Crippen MR) is 64.2 cm³/mol. The number of rotatable bonds is 5. The van der Waals surface area contributed by atoms with Crippen LogP contribution in [-0.4, -0.2) is 24.2 Å². The van der Waals surface area contributed by atoms with Crippen LogP contribution in [0.3, 0.4) is 0 Å². The van der Waals surface area contributed by atoms with Gasteiger partial charge in [0.05, 0.1) is 11.8 Å². The van der Waals surface area contributed by atoms with Crippen molar-refractivity contribution < 1.29 is 4.74 Å². The SMILES string of the molecule is CC(NCCC1CCCO1)c1ccccn1. The van der Waals surface area contributed by atoms with Gasteiger partial charge in [-0.15, -0.1) is 0 Å². The number of nitrogens with zero attached hydrogens (tertiary/aromatic N) is 1. The van der Waals surface area contributed by atoms with Gasteiger partial charge in [-0.05, 0) is 44.9 Å². The Hall–Kier alpha value is -0.930. The van der Waals surface area contributed by atoms with Crippen molar-refractivity contribution in [1.29, 1.82) is 0 Å². The summed E-state index contributed by atoms with van der Waals surface area (Å²) in [5, 5.41) is 3.48. The molecule has 0 aliphatic carbocycles. The first-order valence-electron chi connectivity index (χ1n) is 6.12. The molecular formula is C13H20N2O. The molecule has 0 aromatic carbocycles. The summed E-state index contributed by atoms with van der Waals surface area (Å²) in [6, 6.07) is 6.36. The highest BCUT2D eigenvalue weighted by Crippen LogP contribution is 2.15. The molecule has 2 unspecified atom stereocenters. The van der Waals surface area contributed by atoms with Crippen molar-refractivity contribution in [1.82, 2.24) is 10.3 Å². The van der Waals surface area contributed by atoms with Gasteiger partial charge in [-0.2, -0.15) is 0 Å². The van der Waals surface area contributed by atoms with Crippen molar-refractivity contribution in [3.8, 4) is 0 Å². The number of ether oxygens (including phenoxy) is 1. The molecule has 3 nitrogen and oxygen atoms in total. The van der Waals surface area contributed by atoms with E-state index < -0.39 is 0 Å². The standard InChI is InChI=1S/C13H20N2O/c1-11(13-6-2-3-8-15-13)14-9-7-12-5-4-10-16-12/h2-3,6,8,11-12,14H,4-5,7,9-10H2,1H3. The first-order valence-corrected chi connectivity index (χ1v) is 6.12. The molecule has 2 atom stereocenters. The maximum Gasteiger partial charge on any atom is 0.0588 e. The smallest absolute Gasteiger partial charge is 0.0588 e. The van der Waals surface area contributed by atoms with Gasteiger partial charge in [-0.1, -0.05) is 6.07 Å². The number of hydrogen-bond donors (Lipinski definition) is 1. The summed E-state index contributed by atoms with van der Waals surface area (Å²) < 4.78 is 5.58. The Balaban J connectivity index is 1.69. The van der Waals surface area contributed by atoms with Gasteiger partial charge in [0.2, 0.25) is 0 Å². The predicted octanol–water partition coefficient (Wildman–Crippen LogP) is 2.30. The molecule has 0 saturated carbocycles. The van der Waals surface area contributed by atoms with Crippen LogP contribution in [0.5, 0.6) is 0 Å². The number of aromatic nitrogens is 1. The minimum absolute atomic E-state index is 0.322. The monoisotopic (exact) mass is 220 g/mol. The van der Waals surface area contributed by atoms with E-state index in [1.165, 1.54) is 12.8 Å². The molecule has 0 radical (unpaired) electrons. The summed E-state index contributed by atoms with van der Waals surface area (Å²) in [6.45, 7) is 4.10. The van der Waals surface area contributed by atoms with Gasteiger partial charge in [0.1, 0.15) is 0 Å². The molecule has 1 N–H and O–H groups in total. The summed E-state index contributed by atoms with van der Waals surface area (Å²) in [5.74, 6) is 0. The molecule has 2 rings (SSSR count). The highest BCUT2D eigenvalue weighted by Gasteiger charge is 2.15. The fourth-order valence-electron chi connectivity index (χ4n) is 2.07. The molecule has 16 heavy (non-hydrogen) atoms. The van der Waals surface area contributed by atoms with Crippen LogP contribution in [0, 0.1) is 0 Å². The molecular weight excluding hydrogens is 200 g/mol. The van der Waals surface area contributed by atoms with E-state index in [1.54, 1.807) is 0 Å². The lowest BCUT2D eigenvalue weighted by Gasteiger charge is -2.15. The van der Waals surface area contributed by atoms with Crippen LogP contribution >= 0.6 is 0 Å². The Kier molecular flexibility index (Phi) is 4.31. The van der Waals surface area contributed by atoms with Crippen molar-refractivity contribution in [3.63, 3.8) is 0 Å². The van der Waals surface area contributed by atoms with Gasteiger partial charge >= 0.3 is 0 Å². The zero-order valence-electron chi connectivity index (χ0n) is 9.86. The van der Waals surface area contributed by atoms with Crippen molar-refractivity contribution in [2.24, 2.45) is 0 Å². The molecule has 0 bridgehead atoms. The average molecular weight is 220 g/mol. The molecule has 3 heteroatoms. The molecule has 1 aliphatic heterocycles. The van der Waals surface area contributed by atoms with E-state index in [0.29, 0.717) is 12.1 Å². The fourth-order valence-corrected chi connectivity index (χ4v) is 2.07. The van der Waals surface area contributed by atoms with E-state index >= 15 is 0 Å². The van der Waals surface area contributed by atoms with Gasteiger partial charge < -0.3 is 10.1 Å². The van der Waals surface area contributed by atoms with Crippen LogP contribution in [-0.2, 0) is 4.74 Å². The summed E-state index contributed by atoms with van der Waals surface area (Å²) in [6.07, 6.45) is 5.87. The van der Waals surface area contributed by atoms with Crippen LogP contribution < -0.4 is 5.32 Å². The van der Waals surface area contributed by atoms with Crippen molar-refractivity contribution in [2.45, 2.75) is 38.3 Å². The van der Waals surface area contributed by atoms with Crippen molar-refractivity contribution in [3.05, 3.63) is 30.1 Å². The fraction of sp³-hybridized carbons (Fsp3) is 0.615. The Morgan fingerprint density at radius 1 is 1.56 bits per heavy atom. The summed E-state index contributed by atoms with van der Waals surface area (Å²) in [5.41, 5.74) is 1.11. The largest absolute Gasteiger partial charge is 0.378 e. The lowest BCUT2D eigenvalue weighted by Crippen LogP contribution is -2.23. The van der Waals surface area contributed by atoms with Crippen LogP contribution in [0.1, 0.15) is 37.9 Å². The van der Waals surface area contributed by atoms with Crippen LogP contribution in [0.15, 0.2) is 24.4 Å². The zero-order chi connectivity index (χ0) is 11.2.